The summed E-state index contributed by atoms with van der Waals surface area (Å²) in [5, 5.41) is 5.53. The van der Waals surface area contributed by atoms with E-state index in [9.17, 15) is 9.59 Å². The van der Waals surface area contributed by atoms with Crippen molar-refractivity contribution >= 4 is 39.7 Å². The molecule has 0 aliphatic rings. The van der Waals surface area contributed by atoms with E-state index in [0.29, 0.717) is 27.0 Å². The van der Waals surface area contributed by atoms with Gasteiger partial charge in [-0.05, 0) is 48.9 Å². The number of ether oxygens (including phenoxy) is 1. The molecular formula is C23H19N3O3S. The number of rotatable bonds is 5. The minimum Gasteiger partial charge on any atom is -0.448 e. The summed E-state index contributed by atoms with van der Waals surface area (Å²) in [5.74, 6) is -0.973. The van der Waals surface area contributed by atoms with E-state index in [2.05, 4.69) is 15.3 Å². The van der Waals surface area contributed by atoms with Crippen LogP contribution in [0.3, 0.4) is 0 Å². The van der Waals surface area contributed by atoms with Crippen molar-refractivity contribution < 1.29 is 14.3 Å². The van der Waals surface area contributed by atoms with Gasteiger partial charge in [0.2, 0.25) is 0 Å². The van der Waals surface area contributed by atoms with Crippen LogP contribution in [0.25, 0.3) is 21.5 Å². The number of amides is 1. The Kier molecular flexibility index (Phi) is 5.54. The highest BCUT2D eigenvalue weighted by Gasteiger charge is 2.23. The van der Waals surface area contributed by atoms with Crippen molar-refractivity contribution in [1.29, 1.82) is 0 Å². The Morgan fingerprint density at radius 1 is 1.03 bits per heavy atom. The van der Waals surface area contributed by atoms with Gasteiger partial charge in [0.1, 0.15) is 9.88 Å². The third-order valence-corrected chi connectivity index (χ3v) is 5.70. The van der Waals surface area contributed by atoms with Gasteiger partial charge in [0.15, 0.2) is 6.10 Å². The molecule has 0 aliphatic carbocycles. The van der Waals surface area contributed by atoms with E-state index in [4.69, 9.17) is 4.74 Å². The first-order chi connectivity index (χ1) is 14.5. The fourth-order valence-corrected chi connectivity index (χ4v) is 3.89. The molecule has 6 nitrogen and oxygen atoms in total. The van der Waals surface area contributed by atoms with Gasteiger partial charge in [-0.25, -0.2) is 9.78 Å². The van der Waals surface area contributed by atoms with Gasteiger partial charge in [-0.15, -0.1) is 11.3 Å². The molecule has 30 heavy (non-hydrogen) atoms. The zero-order chi connectivity index (χ0) is 21.1. The van der Waals surface area contributed by atoms with Crippen LogP contribution in [0.4, 0.5) is 5.69 Å². The molecule has 0 radical (unpaired) electrons. The second-order valence-corrected chi connectivity index (χ2v) is 7.75. The van der Waals surface area contributed by atoms with E-state index in [-0.39, 0.29) is 0 Å². The number of thiazole rings is 1. The Hall–Kier alpha value is -3.58. The van der Waals surface area contributed by atoms with Crippen LogP contribution >= 0.6 is 11.3 Å². The summed E-state index contributed by atoms with van der Waals surface area (Å²) in [7, 11) is 0. The molecule has 1 N–H and O–H groups in total. The molecule has 0 aliphatic heterocycles. The summed E-state index contributed by atoms with van der Waals surface area (Å²) in [6.45, 7) is 3.28. The molecule has 2 aromatic carbocycles. The topological polar surface area (TPSA) is 81.2 Å². The van der Waals surface area contributed by atoms with Gasteiger partial charge in [-0.3, -0.25) is 9.78 Å². The summed E-state index contributed by atoms with van der Waals surface area (Å²) in [6.07, 6.45) is 0.715. The second kappa shape index (κ2) is 8.42. The number of anilines is 1. The molecular weight excluding hydrogens is 398 g/mol. The monoisotopic (exact) mass is 417 g/mol. The molecule has 4 rings (SSSR count). The minimum atomic E-state index is -0.955. The van der Waals surface area contributed by atoms with Crippen LogP contribution in [0.5, 0.6) is 0 Å². The number of nitrogens with zero attached hydrogens (tertiary/aromatic N) is 2. The van der Waals surface area contributed by atoms with Crippen molar-refractivity contribution in [2.24, 2.45) is 0 Å². The molecule has 0 spiro atoms. The lowest BCUT2D eigenvalue weighted by molar-refractivity contribution is -0.123. The average Bonchev–Trinajstić information content (AvgIpc) is 3.16. The third-order valence-electron chi connectivity index (χ3n) is 4.54. The van der Waals surface area contributed by atoms with Gasteiger partial charge in [-0.2, -0.15) is 0 Å². The Balaban J connectivity index is 1.44. The Morgan fingerprint density at radius 3 is 2.57 bits per heavy atom. The molecule has 4 aromatic rings. The van der Waals surface area contributed by atoms with Crippen LogP contribution in [0, 0.1) is 6.92 Å². The zero-order valence-corrected chi connectivity index (χ0v) is 17.3. The van der Waals surface area contributed by atoms with Gasteiger partial charge in [0, 0.05) is 11.9 Å². The summed E-state index contributed by atoms with van der Waals surface area (Å²) in [4.78, 5) is 34.1. The predicted molar refractivity (Wildman–Crippen MR) is 118 cm³/mol. The fraction of sp³-hybridized carbons (Fsp3) is 0.130. The molecule has 2 aromatic heterocycles. The lowest BCUT2D eigenvalue weighted by Crippen LogP contribution is -2.29. The van der Waals surface area contributed by atoms with Gasteiger partial charge in [0.05, 0.1) is 11.4 Å². The number of hydrogen-bond donors (Lipinski definition) is 1. The van der Waals surface area contributed by atoms with Crippen molar-refractivity contribution in [3.8, 4) is 10.7 Å². The number of pyridine rings is 1. The largest absolute Gasteiger partial charge is 0.448 e. The zero-order valence-electron chi connectivity index (χ0n) is 16.5. The summed E-state index contributed by atoms with van der Waals surface area (Å²) in [5.41, 5.74) is 1.88. The lowest BCUT2D eigenvalue weighted by atomic mass is 10.1. The minimum absolute atomic E-state index is 0.362. The summed E-state index contributed by atoms with van der Waals surface area (Å²) >= 11 is 1.20. The predicted octanol–water partition coefficient (Wildman–Crippen LogP) is 4.85. The molecule has 2 heterocycles. The van der Waals surface area contributed by atoms with Crippen LogP contribution in [0.15, 0.2) is 66.9 Å². The molecule has 0 bridgehead atoms. The van der Waals surface area contributed by atoms with E-state index < -0.39 is 18.0 Å². The van der Waals surface area contributed by atoms with Crippen LogP contribution < -0.4 is 5.32 Å². The quantitative estimate of drug-likeness (QED) is 0.470. The maximum Gasteiger partial charge on any atom is 0.351 e. The van der Waals surface area contributed by atoms with Crippen molar-refractivity contribution in [2.45, 2.75) is 20.0 Å². The summed E-state index contributed by atoms with van der Waals surface area (Å²) < 4.78 is 5.39. The highest BCUT2D eigenvalue weighted by atomic mass is 32.1. The molecule has 0 unspecified atom stereocenters. The van der Waals surface area contributed by atoms with Crippen molar-refractivity contribution in [3.05, 3.63) is 77.4 Å². The normalized spacial score (nSPS) is 11.8. The first-order valence-corrected chi connectivity index (χ1v) is 10.2. The van der Waals surface area contributed by atoms with E-state index in [1.165, 1.54) is 11.3 Å². The number of aromatic nitrogens is 2. The standard InChI is InChI=1S/C23H19N3O3S/c1-14-20(30-22(25-14)19-9-5-6-12-24-19)23(28)29-15(2)21(27)26-18-11-10-16-7-3-4-8-17(16)13-18/h3-13,15H,1-2H3,(H,26,27)/t15-/m0/s1. The molecule has 1 amide bonds. The smallest absolute Gasteiger partial charge is 0.351 e. The molecule has 1 atom stereocenters. The number of hydrogen-bond acceptors (Lipinski definition) is 6. The molecule has 7 heteroatoms. The van der Waals surface area contributed by atoms with E-state index >= 15 is 0 Å². The maximum atomic E-state index is 12.6. The van der Waals surface area contributed by atoms with Crippen molar-refractivity contribution in [1.82, 2.24) is 9.97 Å². The van der Waals surface area contributed by atoms with Crippen LogP contribution in [-0.2, 0) is 9.53 Å². The number of benzene rings is 2. The first-order valence-electron chi connectivity index (χ1n) is 9.41. The van der Waals surface area contributed by atoms with Crippen LogP contribution in [-0.4, -0.2) is 27.9 Å². The summed E-state index contributed by atoms with van der Waals surface area (Å²) in [6, 6.07) is 19.0. The van der Waals surface area contributed by atoms with Gasteiger partial charge < -0.3 is 10.1 Å². The molecule has 0 fully saturated rings. The number of nitrogens with one attached hydrogen (secondary N) is 1. The average molecular weight is 417 g/mol. The molecule has 0 saturated heterocycles. The second-order valence-electron chi connectivity index (χ2n) is 6.75. The van der Waals surface area contributed by atoms with Gasteiger partial charge >= 0.3 is 5.97 Å². The third kappa shape index (κ3) is 4.21. The Morgan fingerprint density at radius 2 is 1.80 bits per heavy atom. The number of carbonyl (C=O) groups excluding carboxylic acids is 2. The number of fused-ring (bicyclic) bond motifs is 1. The molecule has 150 valence electrons. The SMILES string of the molecule is Cc1nc(-c2ccccn2)sc1C(=O)O[C@@H](C)C(=O)Nc1ccc2ccccc2c1. The highest BCUT2D eigenvalue weighted by Crippen LogP contribution is 2.27. The van der Waals surface area contributed by atoms with Gasteiger partial charge in [0.25, 0.3) is 5.91 Å². The fourth-order valence-electron chi connectivity index (χ4n) is 2.96. The van der Waals surface area contributed by atoms with Crippen LogP contribution in [0.2, 0.25) is 0 Å². The lowest BCUT2D eigenvalue weighted by Gasteiger charge is -2.13. The van der Waals surface area contributed by atoms with Crippen molar-refractivity contribution in [2.75, 3.05) is 5.32 Å². The first kappa shape index (κ1) is 19.7. The van der Waals surface area contributed by atoms with E-state index in [1.807, 2.05) is 60.7 Å². The number of esters is 1. The maximum absolute atomic E-state index is 12.6. The highest BCUT2D eigenvalue weighted by molar-refractivity contribution is 7.17. The van der Waals surface area contributed by atoms with Crippen molar-refractivity contribution in [3.63, 3.8) is 0 Å². The van der Waals surface area contributed by atoms with E-state index in [0.717, 1.165) is 10.8 Å². The number of carbonyl (C=O) groups is 2. The van der Waals surface area contributed by atoms with Gasteiger partial charge in [-0.1, -0.05) is 36.4 Å². The molecule has 0 saturated carbocycles. The Labute approximate surface area is 177 Å². The Bertz CT molecular complexity index is 1220. The van der Waals surface area contributed by atoms with Crippen LogP contribution in [0.1, 0.15) is 22.3 Å². The van der Waals surface area contributed by atoms with E-state index in [1.54, 1.807) is 20.0 Å². The number of aryl methyl sites for hydroxylation is 1.